The molecule has 0 unspecified atom stereocenters. The smallest absolute Gasteiger partial charge is 0.347 e. The molecule has 1 heterocycles. The van der Waals surface area contributed by atoms with Crippen LogP contribution in [0.3, 0.4) is 0 Å². The predicted molar refractivity (Wildman–Crippen MR) is 160 cm³/mol. The van der Waals surface area contributed by atoms with Gasteiger partial charge in [0, 0.05) is 12.0 Å². The highest BCUT2D eigenvalue weighted by Crippen LogP contribution is 2.34. The van der Waals surface area contributed by atoms with Crippen molar-refractivity contribution in [1.29, 1.82) is 0 Å². The van der Waals surface area contributed by atoms with E-state index in [0.29, 0.717) is 30.6 Å². The Morgan fingerprint density at radius 3 is 2.44 bits per heavy atom. The first kappa shape index (κ1) is 28.5. The number of aryl methyl sites for hydroxylation is 1. The van der Waals surface area contributed by atoms with Crippen LogP contribution in [-0.4, -0.2) is 28.3 Å². The Labute approximate surface area is 242 Å². The molecule has 1 N–H and O–H groups in total. The van der Waals surface area contributed by atoms with Crippen LogP contribution >= 0.6 is 0 Å². The molecule has 0 spiro atoms. The Bertz CT molecular complexity index is 1470. The van der Waals surface area contributed by atoms with Crippen molar-refractivity contribution in [1.82, 2.24) is 4.98 Å². The van der Waals surface area contributed by atoms with E-state index in [4.69, 9.17) is 18.9 Å². The fraction of sp³-hybridized carbons (Fsp3) is 0.371. The van der Waals surface area contributed by atoms with Crippen LogP contribution in [0.15, 0.2) is 77.2 Å². The van der Waals surface area contributed by atoms with Crippen molar-refractivity contribution in [2.24, 2.45) is 5.92 Å². The summed E-state index contributed by atoms with van der Waals surface area (Å²) in [5.41, 5.74) is 3.77. The van der Waals surface area contributed by atoms with Crippen molar-refractivity contribution in [2.75, 3.05) is 6.61 Å². The summed E-state index contributed by atoms with van der Waals surface area (Å²) in [5.74, 6) is 2.33. The van der Waals surface area contributed by atoms with E-state index < -0.39 is 11.6 Å². The van der Waals surface area contributed by atoms with Gasteiger partial charge in [0.2, 0.25) is 5.89 Å². The molecule has 0 saturated heterocycles. The van der Waals surface area contributed by atoms with E-state index in [1.165, 1.54) is 32.1 Å². The summed E-state index contributed by atoms with van der Waals surface area (Å²) in [6.45, 7) is 5.54. The van der Waals surface area contributed by atoms with Crippen molar-refractivity contribution < 1.29 is 23.8 Å². The van der Waals surface area contributed by atoms with Crippen LogP contribution in [0.4, 0.5) is 0 Å². The molecule has 1 aliphatic carbocycles. The molecule has 1 aliphatic rings. The molecule has 0 amide bonds. The summed E-state index contributed by atoms with van der Waals surface area (Å²) in [5, 5.41) is 9.59. The maximum Gasteiger partial charge on any atom is 0.347 e. The number of carboxylic acids is 1. The Morgan fingerprint density at radius 1 is 0.951 bits per heavy atom. The van der Waals surface area contributed by atoms with Gasteiger partial charge in [-0.1, -0.05) is 74.6 Å². The largest absolute Gasteiger partial charge is 0.493 e. The van der Waals surface area contributed by atoms with Crippen molar-refractivity contribution in [3.05, 3.63) is 89.8 Å². The van der Waals surface area contributed by atoms with Gasteiger partial charge in [0.1, 0.15) is 17.3 Å². The summed E-state index contributed by atoms with van der Waals surface area (Å²) < 4.78 is 18.2. The predicted octanol–water partition coefficient (Wildman–Crippen LogP) is 8.30. The molecule has 6 nitrogen and oxygen atoms in total. The lowest BCUT2D eigenvalue weighted by molar-refractivity contribution is -0.152. The second-order valence-electron chi connectivity index (χ2n) is 11.5. The van der Waals surface area contributed by atoms with Gasteiger partial charge in [-0.3, -0.25) is 0 Å². The minimum atomic E-state index is -1.31. The number of aromatic nitrogens is 1. The van der Waals surface area contributed by atoms with Gasteiger partial charge in [0.25, 0.3) is 0 Å². The summed E-state index contributed by atoms with van der Waals surface area (Å²) >= 11 is 0. The first-order chi connectivity index (χ1) is 19.8. The van der Waals surface area contributed by atoms with E-state index >= 15 is 0 Å². The monoisotopic (exact) mass is 553 g/mol. The zero-order chi connectivity index (χ0) is 28.8. The van der Waals surface area contributed by atoms with E-state index in [1.54, 1.807) is 13.8 Å². The highest BCUT2D eigenvalue weighted by atomic mass is 16.5. The molecule has 1 saturated carbocycles. The maximum atomic E-state index is 11.7. The van der Waals surface area contributed by atoms with Crippen molar-refractivity contribution >= 4 is 5.97 Å². The minimum absolute atomic E-state index is 0.445. The molecule has 3 aromatic carbocycles. The van der Waals surface area contributed by atoms with Gasteiger partial charge in [0.05, 0.1) is 12.3 Å². The number of benzene rings is 3. The first-order valence-corrected chi connectivity index (χ1v) is 14.6. The van der Waals surface area contributed by atoms with E-state index in [1.807, 2.05) is 55.5 Å². The lowest BCUT2D eigenvalue weighted by Gasteiger charge is -2.26. The third-order valence-electron chi connectivity index (χ3n) is 7.86. The van der Waals surface area contributed by atoms with Crippen LogP contribution in [0, 0.1) is 12.8 Å². The molecule has 0 bridgehead atoms. The molecule has 0 atom stereocenters. The number of hydrogen-bond acceptors (Lipinski definition) is 5. The molecule has 1 aromatic heterocycles. The molecule has 0 radical (unpaired) electrons. The number of carboxylic acid groups (broad SMARTS) is 1. The maximum absolute atomic E-state index is 11.7. The van der Waals surface area contributed by atoms with E-state index in [2.05, 4.69) is 24.3 Å². The van der Waals surface area contributed by atoms with Crippen LogP contribution in [0.25, 0.3) is 22.6 Å². The first-order valence-electron chi connectivity index (χ1n) is 14.6. The number of oxazole rings is 1. The average Bonchev–Trinajstić information content (AvgIpc) is 3.35. The summed E-state index contributed by atoms with van der Waals surface area (Å²) in [7, 11) is 0. The highest BCUT2D eigenvalue weighted by Gasteiger charge is 2.30. The van der Waals surface area contributed by atoms with Gasteiger partial charge in [-0.05, 0) is 80.1 Å². The van der Waals surface area contributed by atoms with Crippen molar-refractivity contribution in [3.8, 4) is 34.1 Å². The van der Waals surface area contributed by atoms with Crippen LogP contribution in [0.2, 0.25) is 0 Å². The van der Waals surface area contributed by atoms with Crippen molar-refractivity contribution in [2.45, 2.75) is 71.3 Å². The fourth-order valence-electron chi connectivity index (χ4n) is 5.44. The third kappa shape index (κ3) is 7.18. The Kier molecular flexibility index (Phi) is 8.77. The third-order valence-corrected chi connectivity index (χ3v) is 7.86. The lowest BCUT2D eigenvalue weighted by atomic mass is 9.84. The standard InChI is InChI=1S/C35H39NO5/c1-24-31(36-33(40-24)28-16-10-15-27(22-28)26-13-8-5-9-14-26)19-20-39-30-17-18-32(41-35(2,3)34(37)38)29(23-30)21-25-11-6-4-7-12-25/h5,8-10,13-18,22-23,25H,4,6-7,11-12,19-21H2,1-3H3,(H,37,38). The van der Waals surface area contributed by atoms with Gasteiger partial charge >= 0.3 is 5.97 Å². The number of aliphatic carboxylic acids is 1. The van der Waals surface area contributed by atoms with E-state index in [-0.39, 0.29) is 0 Å². The topological polar surface area (TPSA) is 81.8 Å². The molecular weight excluding hydrogens is 514 g/mol. The van der Waals surface area contributed by atoms with Crippen LogP contribution < -0.4 is 9.47 Å². The van der Waals surface area contributed by atoms with Gasteiger partial charge < -0.3 is 19.0 Å². The molecule has 5 rings (SSSR count). The molecular formula is C35H39NO5. The second-order valence-corrected chi connectivity index (χ2v) is 11.5. The van der Waals surface area contributed by atoms with Crippen LogP contribution in [0.1, 0.15) is 63.0 Å². The van der Waals surface area contributed by atoms with Crippen LogP contribution in [0.5, 0.6) is 11.5 Å². The Morgan fingerprint density at radius 2 is 1.68 bits per heavy atom. The molecule has 6 heteroatoms. The number of ether oxygens (including phenoxy) is 2. The Balaban J connectivity index is 1.27. The summed E-state index contributed by atoms with van der Waals surface area (Å²) in [6, 6.07) is 24.2. The Hall–Kier alpha value is -4.06. The SMILES string of the molecule is Cc1oc(-c2cccc(-c3ccccc3)c2)nc1CCOc1ccc(OC(C)(C)C(=O)O)c(CC2CCCCC2)c1. The fourth-order valence-corrected chi connectivity index (χ4v) is 5.44. The number of nitrogens with zero attached hydrogens (tertiary/aromatic N) is 1. The number of hydrogen-bond donors (Lipinski definition) is 1. The van der Waals surface area contributed by atoms with Gasteiger partial charge in [-0.2, -0.15) is 0 Å². The number of rotatable bonds is 11. The molecule has 1 fully saturated rings. The van der Waals surface area contributed by atoms with Gasteiger partial charge in [-0.15, -0.1) is 0 Å². The molecule has 4 aromatic rings. The lowest BCUT2D eigenvalue weighted by Crippen LogP contribution is -2.38. The van der Waals surface area contributed by atoms with Crippen LogP contribution in [-0.2, 0) is 17.6 Å². The second kappa shape index (κ2) is 12.6. The van der Waals surface area contributed by atoms with E-state index in [9.17, 15) is 9.90 Å². The summed E-state index contributed by atoms with van der Waals surface area (Å²) in [6.07, 6.45) is 7.62. The van der Waals surface area contributed by atoms with Gasteiger partial charge in [-0.25, -0.2) is 9.78 Å². The normalized spacial score (nSPS) is 14.1. The van der Waals surface area contributed by atoms with E-state index in [0.717, 1.165) is 45.9 Å². The quantitative estimate of drug-likeness (QED) is 0.201. The molecule has 214 valence electrons. The van der Waals surface area contributed by atoms with Gasteiger partial charge in [0.15, 0.2) is 5.60 Å². The highest BCUT2D eigenvalue weighted by molar-refractivity contribution is 5.77. The molecule has 0 aliphatic heterocycles. The molecule has 41 heavy (non-hydrogen) atoms. The average molecular weight is 554 g/mol. The minimum Gasteiger partial charge on any atom is -0.493 e. The number of carbonyl (C=O) groups is 1. The van der Waals surface area contributed by atoms with Crippen molar-refractivity contribution in [3.63, 3.8) is 0 Å². The zero-order valence-electron chi connectivity index (χ0n) is 24.2. The summed E-state index contributed by atoms with van der Waals surface area (Å²) in [4.78, 5) is 16.5. The zero-order valence-corrected chi connectivity index (χ0v) is 24.2.